The fourth-order valence-electron chi connectivity index (χ4n) is 2.46. The molecule has 1 heterocycles. The number of rotatable bonds is 3. The average Bonchev–Trinajstić information content (AvgIpc) is 2.55. The van der Waals surface area contributed by atoms with Crippen molar-refractivity contribution >= 4 is 16.7 Å². The van der Waals surface area contributed by atoms with E-state index in [9.17, 15) is 9.59 Å². The molecule has 22 heavy (non-hydrogen) atoms. The van der Waals surface area contributed by atoms with Crippen molar-refractivity contribution in [3.63, 3.8) is 0 Å². The van der Waals surface area contributed by atoms with Gasteiger partial charge in [-0.1, -0.05) is 48.5 Å². The molecular formula is C18H16N2O2. The lowest BCUT2D eigenvalue weighted by molar-refractivity contribution is 0.0779. The van der Waals surface area contributed by atoms with E-state index in [0.717, 1.165) is 10.9 Å². The number of carbonyl (C=O) groups is 1. The Morgan fingerprint density at radius 1 is 1.05 bits per heavy atom. The Hall–Kier alpha value is -2.88. The number of aromatic amines is 1. The summed E-state index contributed by atoms with van der Waals surface area (Å²) in [7, 11) is 1.73. The van der Waals surface area contributed by atoms with Crippen molar-refractivity contribution in [2.45, 2.75) is 6.54 Å². The standard InChI is InChI=1S/C18H16N2O2/c1-20(12-13-7-3-2-4-8-13)18(22)16-11-14-9-5-6-10-15(14)17(21)19-16/h2-11H,12H2,1H3,(H,19,21). The molecule has 1 amide bonds. The summed E-state index contributed by atoms with van der Waals surface area (Å²) < 4.78 is 0. The Labute approximate surface area is 128 Å². The SMILES string of the molecule is CN(Cc1ccccc1)C(=O)c1cc2ccccc2c(=O)[nH]1. The third-order valence-electron chi connectivity index (χ3n) is 3.59. The van der Waals surface area contributed by atoms with Gasteiger partial charge in [0, 0.05) is 19.0 Å². The zero-order chi connectivity index (χ0) is 15.5. The van der Waals surface area contributed by atoms with Crippen LogP contribution in [-0.2, 0) is 6.54 Å². The predicted molar refractivity (Wildman–Crippen MR) is 86.8 cm³/mol. The first-order valence-electron chi connectivity index (χ1n) is 7.06. The Morgan fingerprint density at radius 2 is 1.73 bits per heavy atom. The van der Waals surface area contributed by atoms with Crippen LogP contribution in [-0.4, -0.2) is 22.8 Å². The molecule has 4 nitrogen and oxygen atoms in total. The van der Waals surface area contributed by atoms with E-state index in [4.69, 9.17) is 0 Å². The van der Waals surface area contributed by atoms with Gasteiger partial charge in [0.15, 0.2) is 0 Å². The lowest BCUT2D eigenvalue weighted by Gasteiger charge is -2.17. The van der Waals surface area contributed by atoms with Crippen LogP contribution in [0.25, 0.3) is 10.8 Å². The molecule has 0 aliphatic rings. The molecule has 4 heteroatoms. The van der Waals surface area contributed by atoms with Crippen LogP contribution in [0.1, 0.15) is 16.1 Å². The first kappa shape index (κ1) is 14.1. The van der Waals surface area contributed by atoms with Gasteiger partial charge in [0.05, 0.1) is 0 Å². The van der Waals surface area contributed by atoms with Crippen LogP contribution < -0.4 is 5.56 Å². The Balaban J connectivity index is 1.90. The summed E-state index contributed by atoms with van der Waals surface area (Å²) in [5, 5.41) is 1.35. The van der Waals surface area contributed by atoms with E-state index in [1.165, 1.54) is 0 Å². The number of hydrogen-bond acceptors (Lipinski definition) is 2. The fraction of sp³-hybridized carbons (Fsp3) is 0.111. The van der Waals surface area contributed by atoms with Gasteiger partial charge in [0.1, 0.15) is 5.69 Å². The molecule has 1 N–H and O–H groups in total. The van der Waals surface area contributed by atoms with Crippen LogP contribution in [0.5, 0.6) is 0 Å². The maximum atomic E-state index is 12.5. The summed E-state index contributed by atoms with van der Waals surface area (Å²) in [5.74, 6) is -0.202. The van der Waals surface area contributed by atoms with Gasteiger partial charge in [-0.25, -0.2) is 0 Å². The Bertz CT molecular complexity index is 869. The fourth-order valence-corrected chi connectivity index (χ4v) is 2.46. The molecule has 0 radical (unpaired) electrons. The molecule has 0 atom stereocenters. The molecule has 3 aromatic rings. The van der Waals surface area contributed by atoms with Gasteiger partial charge < -0.3 is 9.88 Å². The molecule has 110 valence electrons. The van der Waals surface area contributed by atoms with E-state index in [2.05, 4.69) is 4.98 Å². The van der Waals surface area contributed by atoms with Crippen LogP contribution >= 0.6 is 0 Å². The monoisotopic (exact) mass is 292 g/mol. The molecule has 2 aromatic carbocycles. The Kier molecular flexibility index (Phi) is 3.74. The molecule has 1 aromatic heterocycles. The molecule has 0 unspecified atom stereocenters. The van der Waals surface area contributed by atoms with E-state index >= 15 is 0 Å². The van der Waals surface area contributed by atoms with Gasteiger partial charge in [-0.05, 0) is 23.1 Å². The van der Waals surface area contributed by atoms with Crippen molar-refractivity contribution in [1.82, 2.24) is 9.88 Å². The van der Waals surface area contributed by atoms with E-state index in [-0.39, 0.29) is 11.5 Å². The third kappa shape index (κ3) is 2.76. The topological polar surface area (TPSA) is 53.2 Å². The van der Waals surface area contributed by atoms with E-state index < -0.39 is 0 Å². The maximum Gasteiger partial charge on any atom is 0.270 e. The summed E-state index contributed by atoms with van der Waals surface area (Å²) in [5.41, 5.74) is 1.11. The second kappa shape index (κ2) is 5.85. The smallest absolute Gasteiger partial charge is 0.270 e. The summed E-state index contributed by atoms with van der Waals surface area (Å²) in [6.07, 6.45) is 0. The number of nitrogens with one attached hydrogen (secondary N) is 1. The van der Waals surface area contributed by atoms with E-state index in [0.29, 0.717) is 17.6 Å². The van der Waals surface area contributed by atoms with Crippen LogP contribution in [0.3, 0.4) is 0 Å². The minimum atomic E-state index is -0.241. The highest BCUT2D eigenvalue weighted by atomic mass is 16.2. The minimum absolute atomic E-state index is 0.202. The molecule has 0 spiro atoms. The highest BCUT2D eigenvalue weighted by molar-refractivity contribution is 5.96. The number of amides is 1. The Morgan fingerprint density at radius 3 is 2.50 bits per heavy atom. The number of aromatic nitrogens is 1. The molecule has 0 fully saturated rings. The molecule has 0 saturated carbocycles. The van der Waals surface area contributed by atoms with Crippen LogP contribution in [0.4, 0.5) is 0 Å². The van der Waals surface area contributed by atoms with Gasteiger partial charge in [0.2, 0.25) is 0 Å². The first-order chi connectivity index (χ1) is 10.6. The van der Waals surface area contributed by atoms with Gasteiger partial charge in [-0.15, -0.1) is 0 Å². The largest absolute Gasteiger partial charge is 0.336 e. The number of benzene rings is 2. The number of H-pyrrole nitrogens is 1. The van der Waals surface area contributed by atoms with Crippen molar-refractivity contribution in [3.8, 4) is 0 Å². The summed E-state index contributed by atoms with van der Waals surface area (Å²) in [6.45, 7) is 0.495. The quantitative estimate of drug-likeness (QED) is 0.807. The summed E-state index contributed by atoms with van der Waals surface area (Å²) >= 11 is 0. The zero-order valence-corrected chi connectivity index (χ0v) is 12.2. The number of pyridine rings is 1. The minimum Gasteiger partial charge on any atom is -0.336 e. The maximum absolute atomic E-state index is 12.5. The average molecular weight is 292 g/mol. The molecule has 0 bridgehead atoms. The van der Waals surface area contributed by atoms with Crippen molar-refractivity contribution in [1.29, 1.82) is 0 Å². The number of fused-ring (bicyclic) bond motifs is 1. The second-order valence-corrected chi connectivity index (χ2v) is 5.25. The number of nitrogens with zero attached hydrogens (tertiary/aromatic N) is 1. The summed E-state index contributed by atoms with van der Waals surface area (Å²) in [4.78, 5) is 28.8. The van der Waals surface area contributed by atoms with Gasteiger partial charge in [-0.2, -0.15) is 0 Å². The van der Waals surface area contributed by atoms with Crippen LogP contribution in [0.2, 0.25) is 0 Å². The molecule has 0 saturated heterocycles. The van der Waals surface area contributed by atoms with Crippen molar-refractivity contribution in [3.05, 3.63) is 82.3 Å². The van der Waals surface area contributed by atoms with Gasteiger partial charge >= 0.3 is 0 Å². The molecular weight excluding hydrogens is 276 g/mol. The van der Waals surface area contributed by atoms with Gasteiger partial charge in [0.25, 0.3) is 11.5 Å². The second-order valence-electron chi connectivity index (χ2n) is 5.25. The number of carbonyl (C=O) groups excluding carboxylic acids is 1. The lowest BCUT2D eigenvalue weighted by atomic mass is 10.1. The normalized spacial score (nSPS) is 10.6. The summed E-state index contributed by atoms with van der Waals surface area (Å²) in [6, 6.07) is 18.7. The first-order valence-corrected chi connectivity index (χ1v) is 7.06. The predicted octanol–water partition coefficient (Wildman–Crippen LogP) is 2.80. The van der Waals surface area contributed by atoms with Crippen LogP contribution in [0.15, 0.2) is 65.5 Å². The molecule has 0 aliphatic heterocycles. The highest BCUT2D eigenvalue weighted by Gasteiger charge is 2.14. The lowest BCUT2D eigenvalue weighted by Crippen LogP contribution is -2.28. The van der Waals surface area contributed by atoms with Crippen molar-refractivity contribution < 1.29 is 4.79 Å². The molecule has 0 aliphatic carbocycles. The van der Waals surface area contributed by atoms with Crippen molar-refractivity contribution in [2.75, 3.05) is 7.05 Å². The third-order valence-corrected chi connectivity index (χ3v) is 3.59. The number of hydrogen-bond donors (Lipinski definition) is 1. The van der Waals surface area contributed by atoms with E-state index in [1.807, 2.05) is 42.5 Å². The molecule has 3 rings (SSSR count). The van der Waals surface area contributed by atoms with E-state index in [1.54, 1.807) is 30.1 Å². The van der Waals surface area contributed by atoms with Crippen molar-refractivity contribution in [2.24, 2.45) is 0 Å². The highest BCUT2D eigenvalue weighted by Crippen LogP contribution is 2.12. The van der Waals surface area contributed by atoms with Crippen LogP contribution in [0, 0.1) is 0 Å². The van der Waals surface area contributed by atoms with Gasteiger partial charge in [-0.3, -0.25) is 9.59 Å². The zero-order valence-electron chi connectivity index (χ0n) is 12.2.